The van der Waals surface area contributed by atoms with E-state index in [0.717, 1.165) is 38.5 Å². The van der Waals surface area contributed by atoms with Crippen molar-refractivity contribution in [3.05, 3.63) is 249 Å². The van der Waals surface area contributed by atoms with Crippen LogP contribution in [0.2, 0.25) is 0 Å². The maximum absolute atomic E-state index is 2.29. The first-order valence-corrected chi connectivity index (χ1v) is 17.2. The first kappa shape index (κ1) is 31.2. The highest BCUT2D eigenvalue weighted by Crippen LogP contribution is 2.19. The molecule has 0 aromatic heterocycles. The SMILES string of the molecule is c1ccc(Cc2ccc(Cc3ccc(Cc4ccc(Cc5ccc(Cc6ccc(Cc7ccccc7)cc6)cc5)cc4)cc3)cc2)cc1. The molecule has 0 aliphatic rings. The van der Waals surface area contributed by atoms with E-state index < -0.39 is 0 Å². The van der Waals surface area contributed by atoms with Gasteiger partial charge in [-0.05, 0) is 105 Å². The van der Waals surface area contributed by atoms with E-state index in [-0.39, 0.29) is 0 Å². The zero-order chi connectivity index (χ0) is 32.4. The molecule has 0 N–H and O–H groups in total. The highest BCUT2D eigenvalue weighted by molar-refractivity contribution is 5.37. The smallest absolute Gasteiger partial charge is 0.00258 e. The van der Waals surface area contributed by atoms with Crippen molar-refractivity contribution in [3.8, 4) is 0 Å². The van der Waals surface area contributed by atoms with Crippen LogP contribution in [0.1, 0.15) is 66.8 Å². The Morgan fingerprint density at radius 1 is 0.146 bits per heavy atom. The summed E-state index contributed by atoms with van der Waals surface area (Å²) in [5, 5.41) is 0. The van der Waals surface area contributed by atoms with Gasteiger partial charge in [0.1, 0.15) is 0 Å². The van der Waals surface area contributed by atoms with Gasteiger partial charge in [0, 0.05) is 0 Å². The molecule has 0 heterocycles. The molecule has 0 amide bonds. The second-order valence-electron chi connectivity index (χ2n) is 13.1. The lowest BCUT2D eigenvalue weighted by atomic mass is 9.97. The molecule has 48 heavy (non-hydrogen) atoms. The predicted molar refractivity (Wildman–Crippen MR) is 202 cm³/mol. The summed E-state index contributed by atoms with van der Waals surface area (Å²) in [6, 6.07) is 66.9. The number of rotatable bonds is 12. The van der Waals surface area contributed by atoms with E-state index in [4.69, 9.17) is 0 Å². The predicted octanol–water partition coefficient (Wildman–Crippen LogP) is 11.2. The molecule has 7 aromatic carbocycles. The van der Waals surface area contributed by atoms with Gasteiger partial charge in [-0.15, -0.1) is 0 Å². The van der Waals surface area contributed by atoms with Gasteiger partial charge in [-0.1, -0.05) is 182 Å². The molecule has 0 saturated carbocycles. The van der Waals surface area contributed by atoms with Crippen molar-refractivity contribution in [2.75, 3.05) is 0 Å². The van der Waals surface area contributed by atoms with Crippen molar-refractivity contribution in [2.45, 2.75) is 38.5 Å². The lowest BCUT2D eigenvalue weighted by molar-refractivity contribution is 1.12. The normalized spacial score (nSPS) is 11.0. The Hall–Kier alpha value is -5.46. The topological polar surface area (TPSA) is 0 Å². The fraction of sp³-hybridized carbons (Fsp3) is 0.125. The van der Waals surface area contributed by atoms with Crippen LogP contribution in [-0.4, -0.2) is 0 Å². The zero-order valence-corrected chi connectivity index (χ0v) is 27.6. The van der Waals surface area contributed by atoms with E-state index in [9.17, 15) is 0 Å². The maximum Gasteiger partial charge on any atom is -0.00258 e. The van der Waals surface area contributed by atoms with Crippen LogP contribution < -0.4 is 0 Å². The zero-order valence-electron chi connectivity index (χ0n) is 27.6. The minimum Gasteiger partial charge on any atom is -0.0622 e. The highest BCUT2D eigenvalue weighted by atomic mass is 14.1. The van der Waals surface area contributed by atoms with Gasteiger partial charge in [0.15, 0.2) is 0 Å². The molecule has 0 fully saturated rings. The molecule has 0 heteroatoms. The third kappa shape index (κ3) is 8.87. The van der Waals surface area contributed by atoms with Crippen molar-refractivity contribution in [2.24, 2.45) is 0 Å². The van der Waals surface area contributed by atoms with E-state index >= 15 is 0 Å². The molecule has 0 nitrogen and oxygen atoms in total. The van der Waals surface area contributed by atoms with E-state index in [1.165, 1.54) is 66.8 Å². The summed E-state index contributed by atoms with van der Waals surface area (Å²) in [5.41, 5.74) is 16.3. The first-order valence-electron chi connectivity index (χ1n) is 17.2. The van der Waals surface area contributed by atoms with Gasteiger partial charge in [0.2, 0.25) is 0 Å². The van der Waals surface area contributed by atoms with Crippen LogP contribution >= 0.6 is 0 Å². The molecule has 0 atom stereocenters. The average Bonchev–Trinajstić information content (AvgIpc) is 3.13. The second-order valence-corrected chi connectivity index (χ2v) is 13.1. The monoisotopic (exact) mass is 618 g/mol. The Morgan fingerprint density at radius 3 is 0.417 bits per heavy atom. The van der Waals surface area contributed by atoms with E-state index in [0.29, 0.717) is 0 Å². The van der Waals surface area contributed by atoms with E-state index in [1.54, 1.807) is 0 Å². The van der Waals surface area contributed by atoms with Gasteiger partial charge in [0.05, 0.1) is 0 Å². The molecule has 0 aliphatic carbocycles. The van der Waals surface area contributed by atoms with Crippen LogP contribution in [0, 0.1) is 0 Å². The Kier molecular flexibility index (Phi) is 10.0. The standard InChI is InChI=1S/C48H42/c1-3-7-37(8-4-1)31-39-11-15-41(16-12-39)33-43-19-23-45(24-20-43)35-47-27-29-48(30-28-47)36-46-25-21-44(22-26-46)34-42-17-13-40(14-18-42)32-38-9-5-2-6-10-38/h1-30H,31-36H2. The average molecular weight is 619 g/mol. The van der Waals surface area contributed by atoms with Crippen molar-refractivity contribution in [1.82, 2.24) is 0 Å². The largest absolute Gasteiger partial charge is 0.0622 e. The van der Waals surface area contributed by atoms with Gasteiger partial charge in [-0.3, -0.25) is 0 Å². The minimum absolute atomic E-state index is 0.955. The van der Waals surface area contributed by atoms with Gasteiger partial charge < -0.3 is 0 Å². The summed E-state index contributed by atoms with van der Waals surface area (Å²) in [6.07, 6.45) is 5.80. The minimum atomic E-state index is 0.955. The van der Waals surface area contributed by atoms with Gasteiger partial charge in [-0.25, -0.2) is 0 Å². The molecule has 0 bridgehead atoms. The Labute approximate surface area is 286 Å². The lowest BCUT2D eigenvalue weighted by Gasteiger charge is -2.08. The third-order valence-corrected chi connectivity index (χ3v) is 9.25. The molecular weight excluding hydrogens is 577 g/mol. The van der Waals surface area contributed by atoms with Crippen LogP contribution in [0.25, 0.3) is 0 Å². The number of hydrogen-bond acceptors (Lipinski definition) is 0. The van der Waals surface area contributed by atoms with Crippen LogP contribution in [0.15, 0.2) is 182 Å². The number of hydrogen-bond donors (Lipinski definition) is 0. The lowest BCUT2D eigenvalue weighted by Crippen LogP contribution is -1.94. The Balaban J connectivity index is 0.875. The van der Waals surface area contributed by atoms with E-state index in [1.807, 2.05) is 0 Å². The summed E-state index contributed by atoms with van der Waals surface area (Å²) in [6.45, 7) is 0. The molecular formula is C48H42. The van der Waals surface area contributed by atoms with Gasteiger partial charge >= 0.3 is 0 Å². The highest BCUT2D eigenvalue weighted by Gasteiger charge is 2.04. The van der Waals surface area contributed by atoms with Crippen LogP contribution in [-0.2, 0) is 38.5 Å². The summed E-state index contributed by atoms with van der Waals surface area (Å²) >= 11 is 0. The summed E-state index contributed by atoms with van der Waals surface area (Å²) < 4.78 is 0. The molecule has 0 saturated heterocycles. The summed E-state index contributed by atoms with van der Waals surface area (Å²) in [4.78, 5) is 0. The fourth-order valence-corrected chi connectivity index (χ4v) is 6.48. The molecule has 0 aliphatic heterocycles. The maximum atomic E-state index is 2.29. The fourth-order valence-electron chi connectivity index (χ4n) is 6.48. The van der Waals surface area contributed by atoms with Crippen LogP contribution in [0.4, 0.5) is 0 Å². The van der Waals surface area contributed by atoms with Crippen LogP contribution in [0.3, 0.4) is 0 Å². The summed E-state index contributed by atoms with van der Waals surface area (Å²) in [5.74, 6) is 0. The van der Waals surface area contributed by atoms with Crippen molar-refractivity contribution >= 4 is 0 Å². The molecule has 0 unspecified atom stereocenters. The van der Waals surface area contributed by atoms with Crippen molar-refractivity contribution in [3.63, 3.8) is 0 Å². The Bertz CT molecular complexity index is 1830. The van der Waals surface area contributed by atoms with Crippen molar-refractivity contribution < 1.29 is 0 Å². The summed E-state index contributed by atoms with van der Waals surface area (Å²) in [7, 11) is 0. The van der Waals surface area contributed by atoms with E-state index in [2.05, 4.69) is 182 Å². The Morgan fingerprint density at radius 2 is 0.271 bits per heavy atom. The van der Waals surface area contributed by atoms with Gasteiger partial charge in [-0.2, -0.15) is 0 Å². The second kappa shape index (κ2) is 15.4. The van der Waals surface area contributed by atoms with Crippen molar-refractivity contribution in [1.29, 1.82) is 0 Å². The molecule has 234 valence electrons. The molecule has 0 spiro atoms. The van der Waals surface area contributed by atoms with Gasteiger partial charge in [0.25, 0.3) is 0 Å². The molecule has 7 aromatic rings. The first-order chi connectivity index (χ1) is 23.7. The number of benzene rings is 7. The molecule has 7 rings (SSSR count). The van der Waals surface area contributed by atoms with Crippen LogP contribution in [0.5, 0.6) is 0 Å². The third-order valence-electron chi connectivity index (χ3n) is 9.25. The quantitative estimate of drug-likeness (QED) is 0.128. The molecule has 0 radical (unpaired) electrons.